The fourth-order valence-corrected chi connectivity index (χ4v) is 5.20. The van der Waals surface area contributed by atoms with E-state index in [2.05, 4.69) is 18.0 Å². The molecule has 8 heteroatoms. The molecule has 2 N–H and O–H groups in total. The zero-order valence-corrected chi connectivity index (χ0v) is 20.0. The Labute approximate surface area is 192 Å². The molecule has 0 saturated carbocycles. The second-order valence-corrected chi connectivity index (χ2v) is 10.7. The van der Waals surface area contributed by atoms with Crippen molar-refractivity contribution >= 4 is 34.0 Å². The molecule has 0 bridgehead atoms. The molecule has 3 rings (SSSR count). The average Bonchev–Trinajstić information content (AvgIpc) is 2.74. The van der Waals surface area contributed by atoms with E-state index in [9.17, 15) is 13.9 Å². The Bertz CT molecular complexity index is 925. The summed E-state index contributed by atoms with van der Waals surface area (Å²) < 4.78 is 23.5. The molecule has 1 heterocycles. The molecule has 0 fully saturated rings. The van der Waals surface area contributed by atoms with Gasteiger partial charge in [0.25, 0.3) is 0 Å². The molecule has 31 heavy (non-hydrogen) atoms. The summed E-state index contributed by atoms with van der Waals surface area (Å²) in [4.78, 5) is 14.9. The van der Waals surface area contributed by atoms with Gasteiger partial charge in [0, 0.05) is 44.2 Å². The van der Waals surface area contributed by atoms with Crippen LogP contribution in [0, 0.1) is 0 Å². The van der Waals surface area contributed by atoms with Gasteiger partial charge in [0.05, 0.1) is 5.69 Å². The first kappa shape index (κ1) is 24.0. The maximum absolute atomic E-state index is 12.7. The van der Waals surface area contributed by atoms with Crippen LogP contribution in [0.2, 0.25) is 5.02 Å². The van der Waals surface area contributed by atoms with Gasteiger partial charge in [0.15, 0.2) is 5.78 Å². The number of carbonyl (C=O) groups excluding carboxylic acids is 1. The third kappa shape index (κ3) is 5.80. The molecule has 0 radical (unpaired) electrons. The number of anilines is 1. The van der Waals surface area contributed by atoms with Crippen molar-refractivity contribution in [2.24, 2.45) is 0 Å². The lowest BCUT2D eigenvalue weighted by Crippen LogP contribution is -2.39. The summed E-state index contributed by atoms with van der Waals surface area (Å²) in [6, 6.07) is 13.4. The molecule has 2 aromatic carbocycles. The number of benzene rings is 2. The van der Waals surface area contributed by atoms with Crippen LogP contribution in [0.3, 0.4) is 0 Å². The Morgan fingerprint density at radius 3 is 2.61 bits per heavy atom. The summed E-state index contributed by atoms with van der Waals surface area (Å²) in [5, 5.41) is 0.814. The minimum atomic E-state index is -2.97. The average molecular weight is 466 g/mol. The number of rotatable bonds is 9. The minimum absolute atomic E-state index is 0.129. The summed E-state index contributed by atoms with van der Waals surface area (Å²) >= 11 is 6.22. The van der Waals surface area contributed by atoms with Crippen LogP contribution < -0.4 is 4.31 Å². The molecule has 0 aliphatic carbocycles. The number of fused-ring (bicyclic) bond motifs is 1. The predicted octanol–water partition coefficient (Wildman–Crippen LogP) is 5.33. The Morgan fingerprint density at radius 2 is 1.87 bits per heavy atom. The van der Waals surface area contributed by atoms with E-state index in [4.69, 9.17) is 11.6 Å². The molecule has 2 aromatic rings. The molecule has 0 unspecified atom stereocenters. The first-order chi connectivity index (χ1) is 14.7. The van der Waals surface area contributed by atoms with Crippen molar-refractivity contribution in [2.75, 3.05) is 38.5 Å². The summed E-state index contributed by atoms with van der Waals surface area (Å²) in [7, 11) is 2.46. The highest BCUT2D eigenvalue weighted by Crippen LogP contribution is 2.52. The van der Waals surface area contributed by atoms with E-state index in [1.165, 1.54) is 8.61 Å². The van der Waals surface area contributed by atoms with Crippen molar-refractivity contribution in [1.82, 2.24) is 9.21 Å². The largest absolute Gasteiger partial charge is 0.306 e. The second kappa shape index (κ2) is 10.3. The van der Waals surface area contributed by atoms with Crippen LogP contribution in [0.1, 0.15) is 40.7 Å². The van der Waals surface area contributed by atoms with Crippen LogP contribution in [0.4, 0.5) is 5.69 Å². The monoisotopic (exact) mass is 465 g/mol. The van der Waals surface area contributed by atoms with E-state index in [-0.39, 0.29) is 5.78 Å². The van der Waals surface area contributed by atoms with Gasteiger partial charge in [-0.05, 0) is 68.2 Å². The van der Waals surface area contributed by atoms with Gasteiger partial charge in [-0.1, -0.05) is 40.8 Å². The number of likely N-dealkylation sites (N-methyl/N-ethyl adjacent to an activating group) is 1. The van der Waals surface area contributed by atoms with Crippen LogP contribution in [0.15, 0.2) is 42.5 Å². The molecule has 6 nitrogen and oxygen atoms in total. The lowest BCUT2D eigenvalue weighted by molar-refractivity contribution is 0.0978. The molecular weight excluding hydrogens is 434 g/mol. The van der Waals surface area contributed by atoms with Crippen LogP contribution in [-0.2, 0) is 13.0 Å². The van der Waals surface area contributed by atoms with Crippen LogP contribution >= 0.6 is 22.6 Å². The van der Waals surface area contributed by atoms with Gasteiger partial charge in [-0.3, -0.25) is 18.2 Å². The fourth-order valence-electron chi connectivity index (χ4n) is 3.80. The van der Waals surface area contributed by atoms with E-state index in [1.807, 2.05) is 30.3 Å². The van der Waals surface area contributed by atoms with Crippen molar-refractivity contribution in [2.45, 2.75) is 32.2 Å². The standard InChI is InChI=1S/C23H32ClN3O3S/c1-25(15-13-18-8-4-5-9-21(18)24)14-7-6-10-23(28)19-11-12-22-20(16-19)17-26(2)31(29,30)27(22)3/h4-5,8-9,11-12,16,29-30H,6-7,10,13-15,17H2,1-3H3. The minimum Gasteiger partial charge on any atom is -0.306 e. The summed E-state index contributed by atoms with van der Waals surface area (Å²) in [6.07, 6.45) is 3.23. The van der Waals surface area contributed by atoms with E-state index in [0.29, 0.717) is 18.5 Å². The van der Waals surface area contributed by atoms with Gasteiger partial charge in [-0.15, -0.1) is 0 Å². The van der Waals surface area contributed by atoms with Gasteiger partial charge < -0.3 is 4.90 Å². The quantitative estimate of drug-likeness (QED) is 0.385. The fraction of sp³-hybridized carbons (Fsp3) is 0.435. The van der Waals surface area contributed by atoms with E-state index in [0.717, 1.165) is 54.2 Å². The molecular formula is C23H32ClN3O3S. The third-order valence-corrected chi connectivity index (χ3v) is 8.10. The highest BCUT2D eigenvalue weighted by Gasteiger charge is 2.32. The number of Topliss-reactive ketones (excluding diaryl/α,β-unsaturated/α-hetero) is 1. The highest BCUT2D eigenvalue weighted by molar-refractivity contribution is 8.23. The maximum atomic E-state index is 12.7. The first-order valence-electron chi connectivity index (χ1n) is 10.5. The number of carbonyl (C=O) groups is 1. The number of ketones is 1. The van der Waals surface area contributed by atoms with Gasteiger partial charge >= 0.3 is 0 Å². The number of nitrogens with zero attached hydrogens (tertiary/aromatic N) is 3. The maximum Gasteiger partial charge on any atom is 0.162 e. The summed E-state index contributed by atoms with van der Waals surface area (Å²) in [6.45, 7) is 2.28. The van der Waals surface area contributed by atoms with Gasteiger partial charge in [-0.25, -0.2) is 0 Å². The van der Waals surface area contributed by atoms with Crippen molar-refractivity contribution < 1.29 is 13.9 Å². The van der Waals surface area contributed by atoms with Crippen molar-refractivity contribution in [3.63, 3.8) is 0 Å². The first-order valence-corrected chi connectivity index (χ1v) is 12.4. The highest BCUT2D eigenvalue weighted by atomic mass is 35.5. The van der Waals surface area contributed by atoms with Crippen molar-refractivity contribution in [1.29, 1.82) is 0 Å². The Balaban J connectivity index is 1.45. The van der Waals surface area contributed by atoms with Crippen LogP contribution in [0.5, 0.6) is 0 Å². The van der Waals surface area contributed by atoms with Gasteiger partial charge in [0.2, 0.25) is 0 Å². The lowest BCUT2D eigenvalue weighted by atomic mass is 10.0. The molecule has 170 valence electrons. The zero-order chi connectivity index (χ0) is 22.6. The SMILES string of the molecule is CN(CCCCC(=O)c1ccc2c(c1)CN(C)S(O)(O)N2C)CCc1ccccc1Cl. The molecule has 0 aromatic heterocycles. The Morgan fingerprint density at radius 1 is 1.13 bits per heavy atom. The summed E-state index contributed by atoms with van der Waals surface area (Å²) in [5.41, 5.74) is 3.54. The topological polar surface area (TPSA) is 67.2 Å². The van der Waals surface area contributed by atoms with Crippen molar-refractivity contribution in [3.05, 3.63) is 64.2 Å². The third-order valence-electron chi connectivity index (χ3n) is 5.83. The Hall–Kier alpha value is -1.61. The zero-order valence-electron chi connectivity index (χ0n) is 18.4. The van der Waals surface area contributed by atoms with Crippen LogP contribution in [-0.4, -0.2) is 58.3 Å². The normalized spacial score (nSPS) is 16.9. The number of hydrogen-bond acceptors (Lipinski definition) is 6. The number of hydrogen-bond donors (Lipinski definition) is 2. The van der Waals surface area contributed by atoms with Gasteiger partial charge in [-0.2, -0.15) is 4.31 Å². The van der Waals surface area contributed by atoms with E-state index >= 15 is 0 Å². The predicted molar refractivity (Wildman–Crippen MR) is 130 cm³/mol. The number of unbranched alkanes of at least 4 members (excludes halogenated alkanes) is 1. The summed E-state index contributed by atoms with van der Waals surface area (Å²) in [5.74, 6) is 0.129. The molecule has 0 amide bonds. The Kier molecular flexibility index (Phi) is 8.02. The molecule has 0 atom stereocenters. The molecule has 1 aliphatic rings. The van der Waals surface area contributed by atoms with Gasteiger partial charge in [0.1, 0.15) is 0 Å². The van der Waals surface area contributed by atoms with E-state index in [1.54, 1.807) is 20.2 Å². The smallest absolute Gasteiger partial charge is 0.162 e. The second-order valence-electron chi connectivity index (χ2n) is 8.14. The van der Waals surface area contributed by atoms with E-state index < -0.39 is 11.0 Å². The molecule has 1 aliphatic heterocycles. The molecule has 0 spiro atoms. The van der Waals surface area contributed by atoms with Crippen molar-refractivity contribution in [3.8, 4) is 0 Å². The van der Waals surface area contributed by atoms with Crippen LogP contribution in [0.25, 0.3) is 0 Å². The number of halogens is 1. The molecule has 0 saturated heterocycles. The lowest BCUT2D eigenvalue weighted by Gasteiger charge is -2.51.